The molecule has 0 aromatic carbocycles. The molecule has 0 unspecified atom stereocenters. The number of rotatable bonds is 4. The summed E-state index contributed by atoms with van der Waals surface area (Å²) in [6.45, 7) is 0. The van der Waals surface area contributed by atoms with Crippen LogP contribution in [0.5, 0.6) is 0 Å². The average Bonchev–Trinajstić information content (AvgIpc) is 3.19. The summed E-state index contributed by atoms with van der Waals surface area (Å²) in [5, 5.41) is 4.29. The zero-order valence-corrected chi connectivity index (χ0v) is 13.5. The number of esters is 1. The fourth-order valence-electron chi connectivity index (χ4n) is 3.18. The molecule has 24 heavy (non-hydrogen) atoms. The second kappa shape index (κ2) is 5.63. The number of nitrogens with zero attached hydrogens (tertiary/aromatic N) is 5. The van der Waals surface area contributed by atoms with Gasteiger partial charge in [0.25, 0.3) is 0 Å². The van der Waals surface area contributed by atoms with Crippen molar-refractivity contribution < 1.29 is 9.53 Å². The van der Waals surface area contributed by atoms with Gasteiger partial charge in [0.15, 0.2) is 0 Å². The van der Waals surface area contributed by atoms with Crippen LogP contribution in [-0.4, -0.2) is 43.2 Å². The smallest absolute Gasteiger partial charge is 0.354 e. The van der Waals surface area contributed by atoms with E-state index in [4.69, 9.17) is 4.74 Å². The highest BCUT2D eigenvalue weighted by Crippen LogP contribution is 2.35. The topological polar surface area (TPSA) is 86.9 Å². The number of aromatic nitrogens is 5. The van der Waals surface area contributed by atoms with E-state index >= 15 is 0 Å². The number of aryl methyl sites for hydroxylation is 1. The SMILES string of the molecule is COC(=O)c1cc2c(NC3CC(n4ccnc4)C3)ncnc2n1C. The molecule has 124 valence electrons. The summed E-state index contributed by atoms with van der Waals surface area (Å²) in [4.78, 5) is 24.6. The van der Waals surface area contributed by atoms with Crippen molar-refractivity contribution in [3.63, 3.8) is 0 Å². The Hall–Kier alpha value is -2.90. The predicted molar refractivity (Wildman–Crippen MR) is 87.8 cm³/mol. The standard InChI is InChI=1S/C16H18N6O2/c1-21-13(16(23)24-2)7-12-14(18-8-19-15(12)21)20-10-5-11(6-10)22-4-3-17-9-22/h3-4,7-11H,5-6H2,1-2H3,(H,18,19,20). The molecule has 4 rings (SSSR count). The van der Waals surface area contributed by atoms with Gasteiger partial charge in [-0.1, -0.05) is 0 Å². The molecule has 0 spiro atoms. The number of fused-ring (bicyclic) bond motifs is 1. The predicted octanol–water partition coefficient (Wildman–Crippen LogP) is 1.77. The van der Waals surface area contributed by atoms with Crippen molar-refractivity contribution in [1.29, 1.82) is 0 Å². The quantitative estimate of drug-likeness (QED) is 0.735. The fourth-order valence-corrected chi connectivity index (χ4v) is 3.18. The second-order valence-electron chi connectivity index (χ2n) is 6.02. The van der Waals surface area contributed by atoms with Gasteiger partial charge < -0.3 is 19.2 Å². The number of carbonyl (C=O) groups is 1. The zero-order chi connectivity index (χ0) is 16.7. The van der Waals surface area contributed by atoms with E-state index in [2.05, 4.69) is 24.8 Å². The first-order valence-electron chi connectivity index (χ1n) is 7.80. The summed E-state index contributed by atoms with van der Waals surface area (Å²) in [7, 11) is 3.17. The number of nitrogens with one attached hydrogen (secondary N) is 1. The molecule has 8 heteroatoms. The number of imidazole rings is 1. The van der Waals surface area contributed by atoms with Gasteiger partial charge in [-0.2, -0.15) is 0 Å². The van der Waals surface area contributed by atoms with Crippen molar-refractivity contribution in [3.05, 3.63) is 36.8 Å². The number of hydrogen-bond donors (Lipinski definition) is 1. The highest BCUT2D eigenvalue weighted by atomic mass is 16.5. The molecule has 1 aliphatic carbocycles. The summed E-state index contributed by atoms with van der Waals surface area (Å²) in [6, 6.07) is 2.59. The Balaban J connectivity index is 1.56. The van der Waals surface area contributed by atoms with E-state index in [1.165, 1.54) is 13.4 Å². The van der Waals surface area contributed by atoms with Gasteiger partial charge in [-0.05, 0) is 18.9 Å². The van der Waals surface area contributed by atoms with Gasteiger partial charge in [0, 0.05) is 31.5 Å². The maximum atomic E-state index is 11.9. The van der Waals surface area contributed by atoms with Crippen molar-refractivity contribution in [2.75, 3.05) is 12.4 Å². The molecule has 1 N–H and O–H groups in total. The van der Waals surface area contributed by atoms with Crippen LogP contribution in [0.4, 0.5) is 5.82 Å². The Morgan fingerprint density at radius 1 is 1.38 bits per heavy atom. The second-order valence-corrected chi connectivity index (χ2v) is 6.02. The molecule has 1 aliphatic rings. The molecule has 0 radical (unpaired) electrons. The molecule has 1 saturated carbocycles. The van der Waals surface area contributed by atoms with E-state index in [0.717, 1.165) is 24.0 Å². The minimum absolute atomic E-state index is 0.345. The molecule has 0 saturated heterocycles. The number of methoxy groups -OCH3 is 1. The number of anilines is 1. The Morgan fingerprint density at radius 3 is 2.92 bits per heavy atom. The minimum atomic E-state index is -0.384. The molecular formula is C16H18N6O2. The third-order valence-electron chi connectivity index (χ3n) is 4.62. The Labute approximate surface area is 138 Å². The van der Waals surface area contributed by atoms with Crippen LogP contribution >= 0.6 is 0 Å². The molecule has 0 amide bonds. The van der Waals surface area contributed by atoms with Gasteiger partial charge in [0.05, 0.1) is 18.8 Å². The largest absolute Gasteiger partial charge is 0.464 e. The highest BCUT2D eigenvalue weighted by Gasteiger charge is 2.31. The van der Waals surface area contributed by atoms with Gasteiger partial charge in [-0.25, -0.2) is 19.7 Å². The molecule has 3 heterocycles. The molecule has 8 nitrogen and oxygen atoms in total. The van der Waals surface area contributed by atoms with Crippen molar-refractivity contribution in [3.8, 4) is 0 Å². The lowest BCUT2D eigenvalue weighted by molar-refractivity contribution is 0.0590. The van der Waals surface area contributed by atoms with E-state index in [-0.39, 0.29) is 5.97 Å². The van der Waals surface area contributed by atoms with E-state index < -0.39 is 0 Å². The van der Waals surface area contributed by atoms with Crippen molar-refractivity contribution in [2.45, 2.75) is 24.9 Å². The first kappa shape index (κ1) is 14.7. The molecule has 3 aromatic heterocycles. The van der Waals surface area contributed by atoms with E-state index in [1.807, 2.05) is 12.5 Å². The molecule has 0 aliphatic heterocycles. The van der Waals surface area contributed by atoms with Gasteiger partial charge >= 0.3 is 5.97 Å². The van der Waals surface area contributed by atoms with Crippen molar-refractivity contribution in [2.24, 2.45) is 7.05 Å². The maximum Gasteiger partial charge on any atom is 0.354 e. The fraction of sp³-hybridized carbons (Fsp3) is 0.375. The van der Waals surface area contributed by atoms with Crippen LogP contribution in [0.25, 0.3) is 11.0 Å². The molecule has 0 atom stereocenters. The molecule has 0 bridgehead atoms. The van der Waals surface area contributed by atoms with Crippen LogP contribution in [0, 0.1) is 0 Å². The monoisotopic (exact) mass is 326 g/mol. The van der Waals surface area contributed by atoms with E-state index in [9.17, 15) is 4.79 Å². The van der Waals surface area contributed by atoms with Crippen LogP contribution in [-0.2, 0) is 11.8 Å². The third-order valence-corrected chi connectivity index (χ3v) is 4.62. The third kappa shape index (κ3) is 2.31. The van der Waals surface area contributed by atoms with Crippen molar-refractivity contribution in [1.82, 2.24) is 24.1 Å². The van der Waals surface area contributed by atoms with E-state index in [0.29, 0.717) is 23.4 Å². The summed E-state index contributed by atoms with van der Waals surface area (Å²) < 4.78 is 8.67. The Bertz CT molecular complexity index is 879. The Morgan fingerprint density at radius 2 is 2.21 bits per heavy atom. The van der Waals surface area contributed by atoms with Crippen LogP contribution in [0.2, 0.25) is 0 Å². The van der Waals surface area contributed by atoms with Crippen LogP contribution < -0.4 is 5.32 Å². The van der Waals surface area contributed by atoms with Gasteiger partial charge in [0.2, 0.25) is 0 Å². The maximum absolute atomic E-state index is 11.9. The van der Waals surface area contributed by atoms with Gasteiger partial charge in [-0.15, -0.1) is 0 Å². The minimum Gasteiger partial charge on any atom is -0.464 e. The lowest BCUT2D eigenvalue weighted by atomic mass is 9.86. The van der Waals surface area contributed by atoms with Crippen LogP contribution in [0.15, 0.2) is 31.1 Å². The highest BCUT2D eigenvalue weighted by molar-refractivity contribution is 5.98. The lowest BCUT2D eigenvalue weighted by Crippen LogP contribution is -2.36. The summed E-state index contributed by atoms with van der Waals surface area (Å²) in [6.07, 6.45) is 9.18. The average molecular weight is 326 g/mol. The van der Waals surface area contributed by atoms with E-state index in [1.54, 1.807) is 23.9 Å². The lowest BCUT2D eigenvalue weighted by Gasteiger charge is -2.36. The molecule has 1 fully saturated rings. The van der Waals surface area contributed by atoms with Crippen LogP contribution in [0.1, 0.15) is 29.4 Å². The number of ether oxygens (including phenoxy) is 1. The molecule has 3 aromatic rings. The summed E-state index contributed by atoms with van der Waals surface area (Å²) >= 11 is 0. The van der Waals surface area contributed by atoms with Gasteiger partial charge in [0.1, 0.15) is 23.5 Å². The molecular weight excluding hydrogens is 308 g/mol. The van der Waals surface area contributed by atoms with Crippen molar-refractivity contribution >= 4 is 22.8 Å². The van der Waals surface area contributed by atoms with Gasteiger partial charge in [-0.3, -0.25) is 0 Å². The Kier molecular flexibility index (Phi) is 3.44. The normalized spacial score (nSPS) is 19.9. The summed E-state index contributed by atoms with van der Waals surface area (Å²) in [5.41, 5.74) is 1.17. The summed E-state index contributed by atoms with van der Waals surface area (Å²) in [5.74, 6) is 0.366. The zero-order valence-electron chi connectivity index (χ0n) is 13.5. The first-order chi connectivity index (χ1) is 11.7. The number of hydrogen-bond acceptors (Lipinski definition) is 6. The van der Waals surface area contributed by atoms with Crippen LogP contribution in [0.3, 0.4) is 0 Å². The number of carbonyl (C=O) groups excluding carboxylic acids is 1. The first-order valence-corrected chi connectivity index (χ1v) is 7.80.